The van der Waals surface area contributed by atoms with E-state index < -0.39 is 17.9 Å². The van der Waals surface area contributed by atoms with Crippen LogP contribution in [-0.4, -0.2) is 39.2 Å². The smallest absolute Gasteiger partial charge is 0.329 e. The van der Waals surface area contributed by atoms with E-state index in [1.54, 1.807) is 37.4 Å². The standard InChI is InChI=1S/C22H27NO6/c1-14(2)20(22(25)29-13-15-6-8-17(26-3)9-7-15)23-21(24)16-10-18(27-4)12-19(11-16)28-5/h6-12,14,20H,13H2,1-5H3,(H,23,24)/t20-/m0/s1. The van der Waals surface area contributed by atoms with Crippen LogP contribution >= 0.6 is 0 Å². The van der Waals surface area contributed by atoms with Gasteiger partial charge in [0.2, 0.25) is 0 Å². The molecule has 29 heavy (non-hydrogen) atoms. The molecular weight excluding hydrogens is 374 g/mol. The molecule has 0 radical (unpaired) electrons. The number of carbonyl (C=O) groups is 2. The van der Waals surface area contributed by atoms with E-state index in [9.17, 15) is 9.59 Å². The van der Waals surface area contributed by atoms with E-state index in [1.807, 2.05) is 26.0 Å². The van der Waals surface area contributed by atoms with Crippen molar-refractivity contribution in [3.63, 3.8) is 0 Å². The molecule has 0 fully saturated rings. The van der Waals surface area contributed by atoms with Gasteiger partial charge in [-0.25, -0.2) is 4.79 Å². The fraction of sp³-hybridized carbons (Fsp3) is 0.364. The van der Waals surface area contributed by atoms with Crippen LogP contribution < -0.4 is 19.5 Å². The summed E-state index contributed by atoms with van der Waals surface area (Å²) in [4.78, 5) is 25.3. The highest BCUT2D eigenvalue weighted by atomic mass is 16.5. The number of amides is 1. The topological polar surface area (TPSA) is 83.1 Å². The van der Waals surface area contributed by atoms with Gasteiger partial charge in [-0.15, -0.1) is 0 Å². The predicted octanol–water partition coefficient (Wildman–Crippen LogP) is 3.21. The van der Waals surface area contributed by atoms with Crippen LogP contribution in [0.1, 0.15) is 29.8 Å². The molecule has 2 rings (SSSR count). The number of benzene rings is 2. The van der Waals surface area contributed by atoms with E-state index >= 15 is 0 Å². The molecule has 0 saturated carbocycles. The van der Waals surface area contributed by atoms with Gasteiger partial charge in [0.1, 0.15) is 29.9 Å². The number of ether oxygens (including phenoxy) is 4. The van der Waals surface area contributed by atoms with Crippen molar-refractivity contribution in [2.24, 2.45) is 5.92 Å². The number of carbonyl (C=O) groups excluding carboxylic acids is 2. The van der Waals surface area contributed by atoms with Crippen molar-refractivity contribution in [3.8, 4) is 17.2 Å². The quantitative estimate of drug-likeness (QED) is 0.650. The van der Waals surface area contributed by atoms with Gasteiger partial charge in [-0.05, 0) is 35.7 Å². The third-order valence-electron chi connectivity index (χ3n) is 4.36. The van der Waals surface area contributed by atoms with Crippen molar-refractivity contribution in [1.82, 2.24) is 5.32 Å². The fourth-order valence-corrected chi connectivity index (χ4v) is 2.63. The maximum atomic E-state index is 12.7. The molecule has 7 heteroatoms. The molecule has 1 atom stereocenters. The molecule has 0 heterocycles. The molecule has 0 aliphatic heterocycles. The number of methoxy groups -OCH3 is 3. The molecule has 0 aromatic heterocycles. The summed E-state index contributed by atoms with van der Waals surface area (Å²) >= 11 is 0. The van der Waals surface area contributed by atoms with Gasteiger partial charge in [-0.2, -0.15) is 0 Å². The van der Waals surface area contributed by atoms with E-state index in [0.29, 0.717) is 17.1 Å². The van der Waals surface area contributed by atoms with Gasteiger partial charge in [0.05, 0.1) is 21.3 Å². The van der Waals surface area contributed by atoms with Crippen LogP contribution in [0.4, 0.5) is 0 Å². The van der Waals surface area contributed by atoms with Gasteiger partial charge in [-0.3, -0.25) is 4.79 Å². The molecule has 0 bridgehead atoms. The first kappa shape index (κ1) is 22.1. The first-order valence-electron chi connectivity index (χ1n) is 9.21. The molecular formula is C22H27NO6. The van der Waals surface area contributed by atoms with Crippen LogP contribution in [0.2, 0.25) is 0 Å². The number of nitrogens with one attached hydrogen (secondary N) is 1. The molecule has 1 amide bonds. The van der Waals surface area contributed by atoms with Crippen LogP contribution in [0.15, 0.2) is 42.5 Å². The Bertz CT molecular complexity index is 809. The molecule has 0 unspecified atom stereocenters. The lowest BCUT2D eigenvalue weighted by atomic mass is 10.0. The van der Waals surface area contributed by atoms with Crippen molar-refractivity contribution in [2.75, 3.05) is 21.3 Å². The molecule has 0 aliphatic rings. The predicted molar refractivity (Wildman–Crippen MR) is 108 cm³/mol. The van der Waals surface area contributed by atoms with Crippen LogP contribution in [0.5, 0.6) is 17.2 Å². The van der Waals surface area contributed by atoms with Crippen molar-refractivity contribution in [1.29, 1.82) is 0 Å². The third-order valence-corrected chi connectivity index (χ3v) is 4.36. The summed E-state index contributed by atoms with van der Waals surface area (Å²) in [5.74, 6) is 0.618. The lowest BCUT2D eigenvalue weighted by molar-refractivity contribution is -0.148. The zero-order valence-electron chi connectivity index (χ0n) is 17.4. The van der Waals surface area contributed by atoms with Gasteiger partial charge < -0.3 is 24.3 Å². The first-order chi connectivity index (χ1) is 13.9. The number of esters is 1. The zero-order valence-corrected chi connectivity index (χ0v) is 17.4. The summed E-state index contributed by atoms with van der Waals surface area (Å²) < 4.78 is 20.9. The maximum Gasteiger partial charge on any atom is 0.329 e. The molecule has 1 N–H and O–H groups in total. The van der Waals surface area contributed by atoms with E-state index in [-0.39, 0.29) is 12.5 Å². The SMILES string of the molecule is COc1ccc(COC(=O)[C@@H](NC(=O)c2cc(OC)cc(OC)c2)C(C)C)cc1. The summed E-state index contributed by atoms with van der Waals surface area (Å²) in [6.45, 7) is 3.78. The molecule has 156 valence electrons. The average molecular weight is 401 g/mol. The normalized spacial score (nSPS) is 11.5. The van der Waals surface area contributed by atoms with Crippen LogP contribution in [0.25, 0.3) is 0 Å². The van der Waals surface area contributed by atoms with E-state index in [4.69, 9.17) is 18.9 Å². The second-order valence-electron chi connectivity index (χ2n) is 6.75. The highest BCUT2D eigenvalue weighted by molar-refractivity contribution is 5.97. The van der Waals surface area contributed by atoms with E-state index in [2.05, 4.69) is 5.32 Å². The molecule has 0 aliphatic carbocycles. The second-order valence-corrected chi connectivity index (χ2v) is 6.75. The lowest BCUT2D eigenvalue weighted by Gasteiger charge is -2.21. The first-order valence-corrected chi connectivity index (χ1v) is 9.21. The minimum Gasteiger partial charge on any atom is -0.497 e. The number of hydrogen-bond acceptors (Lipinski definition) is 6. The summed E-state index contributed by atoms with van der Waals surface area (Å²) in [5, 5.41) is 2.75. The number of hydrogen-bond donors (Lipinski definition) is 1. The summed E-state index contributed by atoms with van der Waals surface area (Å²) in [7, 11) is 4.59. The minimum absolute atomic E-state index is 0.106. The molecule has 7 nitrogen and oxygen atoms in total. The molecule has 0 spiro atoms. The fourth-order valence-electron chi connectivity index (χ4n) is 2.63. The average Bonchev–Trinajstić information content (AvgIpc) is 2.75. The highest BCUT2D eigenvalue weighted by Gasteiger charge is 2.26. The van der Waals surface area contributed by atoms with Crippen LogP contribution in [-0.2, 0) is 16.1 Å². The highest BCUT2D eigenvalue weighted by Crippen LogP contribution is 2.23. The van der Waals surface area contributed by atoms with Crippen molar-refractivity contribution < 1.29 is 28.5 Å². The summed E-state index contributed by atoms with van der Waals surface area (Å²) in [5.41, 5.74) is 1.15. The van der Waals surface area contributed by atoms with Gasteiger partial charge in [0.15, 0.2) is 0 Å². The molecule has 0 saturated heterocycles. The van der Waals surface area contributed by atoms with Crippen molar-refractivity contribution >= 4 is 11.9 Å². The monoisotopic (exact) mass is 401 g/mol. The van der Waals surface area contributed by atoms with Crippen LogP contribution in [0, 0.1) is 5.92 Å². The van der Waals surface area contributed by atoms with Gasteiger partial charge in [0, 0.05) is 11.6 Å². The van der Waals surface area contributed by atoms with Crippen molar-refractivity contribution in [2.45, 2.75) is 26.5 Å². The van der Waals surface area contributed by atoms with E-state index in [1.165, 1.54) is 14.2 Å². The Morgan fingerprint density at radius 2 is 1.41 bits per heavy atom. The van der Waals surface area contributed by atoms with Crippen molar-refractivity contribution in [3.05, 3.63) is 53.6 Å². The Morgan fingerprint density at radius 1 is 0.862 bits per heavy atom. The largest absolute Gasteiger partial charge is 0.497 e. The van der Waals surface area contributed by atoms with Gasteiger partial charge in [0.25, 0.3) is 5.91 Å². The van der Waals surface area contributed by atoms with Crippen LogP contribution in [0.3, 0.4) is 0 Å². The number of rotatable bonds is 9. The van der Waals surface area contributed by atoms with Gasteiger partial charge in [-0.1, -0.05) is 26.0 Å². The molecule has 2 aromatic carbocycles. The Balaban J connectivity index is 2.06. The second kappa shape index (κ2) is 10.4. The summed E-state index contributed by atoms with van der Waals surface area (Å²) in [6, 6.07) is 11.3. The minimum atomic E-state index is -0.794. The Morgan fingerprint density at radius 3 is 1.90 bits per heavy atom. The zero-order chi connectivity index (χ0) is 21.4. The molecule has 2 aromatic rings. The van der Waals surface area contributed by atoms with Gasteiger partial charge >= 0.3 is 5.97 Å². The Hall–Kier alpha value is -3.22. The summed E-state index contributed by atoms with van der Waals surface area (Å²) in [6.07, 6.45) is 0. The maximum absolute atomic E-state index is 12.7. The third kappa shape index (κ3) is 6.14. The Kier molecular flexibility index (Phi) is 7.88. The van der Waals surface area contributed by atoms with E-state index in [0.717, 1.165) is 11.3 Å². The Labute approximate surface area is 170 Å². The lowest BCUT2D eigenvalue weighted by Crippen LogP contribution is -2.45.